The molecule has 2 aromatic rings. The molecule has 6 nitrogen and oxygen atoms in total. The molecule has 2 rings (SSSR count). The smallest absolute Gasteiger partial charge is 0.244 e. The summed E-state index contributed by atoms with van der Waals surface area (Å²) in [7, 11) is 0. The van der Waals surface area contributed by atoms with Gasteiger partial charge in [0.2, 0.25) is 11.8 Å². The van der Waals surface area contributed by atoms with Crippen LogP contribution in [0.2, 0.25) is 0 Å². The van der Waals surface area contributed by atoms with Gasteiger partial charge in [0.1, 0.15) is 23.0 Å². The number of hydrogen-bond donors (Lipinski definition) is 2. The Morgan fingerprint density at radius 3 is 2.00 bits per heavy atom. The zero-order valence-electron chi connectivity index (χ0n) is 16.0. The van der Waals surface area contributed by atoms with Gasteiger partial charge in [-0.25, -0.2) is 0 Å². The number of furan rings is 2. The summed E-state index contributed by atoms with van der Waals surface area (Å²) in [5.74, 6) is 2.37. The predicted molar refractivity (Wildman–Crippen MR) is 105 cm³/mol. The summed E-state index contributed by atoms with van der Waals surface area (Å²) < 4.78 is 10.8. The largest absolute Gasteiger partial charge is 0.462 e. The molecule has 0 aliphatic carbocycles. The second-order valence-electron chi connectivity index (χ2n) is 6.30. The fourth-order valence-corrected chi connectivity index (χ4v) is 2.51. The number of rotatable bonds is 9. The molecule has 144 valence electrons. The number of carbonyl (C=O) groups is 2. The molecule has 1 unspecified atom stereocenters. The first-order chi connectivity index (χ1) is 13.0. The SMILES string of the molecule is CCCC(CNC(=O)/C=C/c1ccc(C)o1)NC(=O)/C=C/c1ccc(C)o1. The Hall–Kier alpha value is -3.02. The summed E-state index contributed by atoms with van der Waals surface area (Å²) in [5.41, 5.74) is 0. The van der Waals surface area contributed by atoms with Gasteiger partial charge in [0, 0.05) is 24.7 Å². The molecule has 0 fully saturated rings. The molecule has 0 saturated heterocycles. The highest BCUT2D eigenvalue weighted by Crippen LogP contribution is 2.08. The van der Waals surface area contributed by atoms with E-state index in [-0.39, 0.29) is 17.9 Å². The summed E-state index contributed by atoms with van der Waals surface area (Å²) >= 11 is 0. The highest BCUT2D eigenvalue weighted by atomic mass is 16.3. The maximum Gasteiger partial charge on any atom is 0.244 e. The van der Waals surface area contributed by atoms with Gasteiger partial charge >= 0.3 is 0 Å². The van der Waals surface area contributed by atoms with Crippen LogP contribution >= 0.6 is 0 Å². The molecular formula is C21H26N2O4. The van der Waals surface area contributed by atoms with Crippen molar-refractivity contribution in [2.45, 2.75) is 39.7 Å². The molecule has 1 atom stereocenters. The van der Waals surface area contributed by atoms with Gasteiger partial charge in [-0.1, -0.05) is 13.3 Å². The van der Waals surface area contributed by atoms with E-state index < -0.39 is 0 Å². The molecule has 0 radical (unpaired) electrons. The van der Waals surface area contributed by atoms with Crippen LogP contribution in [0.25, 0.3) is 12.2 Å². The van der Waals surface area contributed by atoms with E-state index in [9.17, 15) is 9.59 Å². The molecule has 2 N–H and O–H groups in total. The van der Waals surface area contributed by atoms with E-state index in [0.717, 1.165) is 24.4 Å². The number of amides is 2. The molecular weight excluding hydrogens is 344 g/mol. The first-order valence-corrected chi connectivity index (χ1v) is 9.03. The third-order valence-corrected chi connectivity index (χ3v) is 3.83. The minimum atomic E-state index is -0.235. The minimum Gasteiger partial charge on any atom is -0.462 e. The van der Waals surface area contributed by atoms with Crippen LogP contribution in [0.5, 0.6) is 0 Å². The van der Waals surface area contributed by atoms with Crippen LogP contribution in [0.1, 0.15) is 42.8 Å². The van der Waals surface area contributed by atoms with Crippen molar-refractivity contribution >= 4 is 24.0 Å². The van der Waals surface area contributed by atoms with Crippen molar-refractivity contribution in [1.82, 2.24) is 10.6 Å². The van der Waals surface area contributed by atoms with E-state index in [1.165, 1.54) is 12.2 Å². The first-order valence-electron chi connectivity index (χ1n) is 9.03. The zero-order valence-corrected chi connectivity index (χ0v) is 16.0. The van der Waals surface area contributed by atoms with Gasteiger partial charge in [0.25, 0.3) is 0 Å². The van der Waals surface area contributed by atoms with Gasteiger partial charge in [-0.2, -0.15) is 0 Å². The van der Waals surface area contributed by atoms with Gasteiger partial charge in [-0.15, -0.1) is 0 Å². The lowest BCUT2D eigenvalue weighted by Crippen LogP contribution is -2.42. The molecule has 0 bridgehead atoms. The Morgan fingerprint density at radius 1 is 0.963 bits per heavy atom. The lowest BCUT2D eigenvalue weighted by atomic mass is 10.1. The third kappa shape index (κ3) is 7.40. The molecule has 2 heterocycles. The van der Waals surface area contributed by atoms with Gasteiger partial charge in [-0.3, -0.25) is 9.59 Å². The van der Waals surface area contributed by atoms with Gasteiger partial charge in [-0.05, 0) is 56.7 Å². The quantitative estimate of drug-likeness (QED) is 0.660. The highest BCUT2D eigenvalue weighted by Gasteiger charge is 2.11. The Morgan fingerprint density at radius 2 is 1.52 bits per heavy atom. The Labute approximate surface area is 159 Å². The molecule has 6 heteroatoms. The Kier molecular flexibility index (Phi) is 7.67. The standard InChI is InChI=1S/C21H26N2O4/c1-4-5-17(23-21(25)13-11-19-9-7-16(3)27-19)14-22-20(24)12-10-18-8-6-15(2)26-18/h6-13,17H,4-5,14H2,1-3H3,(H,22,24)(H,23,25)/b12-10+,13-11+. The van der Waals surface area contributed by atoms with Gasteiger partial charge < -0.3 is 19.5 Å². The normalized spacial score (nSPS) is 12.6. The molecule has 0 spiro atoms. The molecule has 0 aliphatic rings. The maximum absolute atomic E-state index is 12.1. The lowest BCUT2D eigenvalue weighted by Gasteiger charge is -2.17. The Bertz CT molecular complexity index is 814. The van der Waals surface area contributed by atoms with Crippen LogP contribution in [0.15, 0.2) is 45.3 Å². The van der Waals surface area contributed by atoms with E-state index >= 15 is 0 Å². The van der Waals surface area contributed by atoms with Crippen molar-refractivity contribution in [3.05, 3.63) is 59.5 Å². The fourth-order valence-electron chi connectivity index (χ4n) is 2.51. The summed E-state index contributed by atoms with van der Waals surface area (Å²) in [6.07, 6.45) is 7.75. The molecule has 0 aromatic carbocycles. The van der Waals surface area contributed by atoms with Crippen LogP contribution in [-0.4, -0.2) is 24.4 Å². The van der Waals surface area contributed by atoms with Crippen LogP contribution < -0.4 is 10.6 Å². The van der Waals surface area contributed by atoms with Crippen molar-refractivity contribution in [1.29, 1.82) is 0 Å². The van der Waals surface area contributed by atoms with Crippen molar-refractivity contribution in [3.8, 4) is 0 Å². The summed E-state index contributed by atoms with van der Waals surface area (Å²) in [5, 5.41) is 5.71. The van der Waals surface area contributed by atoms with E-state index in [1.54, 1.807) is 24.3 Å². The van der Waals surface area contributed by atoms with Crippen LogP contribution in [0.4, 0.5) is 0 Å². The third-order valence-electron chi connectivity index (χ3n) is 3.83. The van der Waals surface area contributed by atoms with E-state index in [2.05, 4.69) is 10.6 Å². The van der Waals surface area contributed by atoms with Crippen molar-refractivity contribution in [2.24, 2.45) is 0 Å². The number of hydrogen-bond acceptors (Lipinski definition) is 4. The maximum atomic E-state index is 12.1. The Balaban J connectivity index is 1.81. The van der Waals surface area contributed by atoms with E-state index in [1.807, 2.05) is 32.9 Å². The summed E-state index contributed by atoms with van der Waals surface area (Å²) in [6.45, 7) is 6.07. The fraction of sp³-hybridized carbons (Fsp3) is 0.333. The van der Waals surface area contributed by atoms with Gasteiger partial charge in [0.15, 0.2) is 0 Å². The monoisotopic (exact) mass is 370 g/mol. The zero-order chi connectivity index (χ0) is 19.6. The van der Waals surface area contributed by atoms with Crippen LogP contribution in [-0.2, 0) is 9.59 Å². The predicted octanol–water partition coefficient (Wildman–Crippen LogP) is 3.62. The molecule has 0 aliphatic heterocycles. The van der Waals surface area contributed by atoms with Crippen LogP contribution in [0, 0.1) is 13.8 Å². The number of aryl methyl sites for hydroxylation is 2. The molecule has 2 amide bonds. The minimum absolute atomic E-state index is 0.145. The molecule has 27 heavy (non-hydrogen) atoms. The van der Waals surface area contributed by atoms with Crippen molar-refractivity contribution in [3.63, 3.8) is 0 Å². The van der Waals surface area contributed by atoms with Gasteiger partial charge in [0.05, 0.1) is 0 Å². The van der Waals surface area contributed by atoms with Crippen molar-refractivity contribution < 1.29 is 18.4 Å². The second kappa shape index (κ2) is 10.2. The lowest BCUT2D eigenvalue weighted by molar-refractivity contribution is -0.119. The topological polar surface area (TPSA) is 84.5 Å². The summed E-state index contributed by atoms with van der Waals surface area (Å²) in [4.78, 5) is 24.0. The van der Waals surface area contributed by atoms with E-state index in [0.29, 0.717) is 18.1 Å². The average molecular weight is 370 g/mol. The van der Waals surface area contributed by atoms with Crippen molar-refractivity contribution in [2.75, 3.05) is 6.54 Å². The number of carbonyl (C=O) groups excluding carboxylic acids is 2. The van der Waals surface area contributed by atoms with E-state index in [4.69, 9.17) is 8.83 Å². The highest BCUT2D eigenvalue weighted by molar-refractivity contribution is 5.92. The first kappa shape index (κ1) is 20.3. The molecule has 0 saturated carbocycles. The average Bonchev–Trinajstić information content (AvgIpc) is 3.24. The summed E-state index contributed by atoms with van der Waals surface area (Å²) in [6, 6.07) is 7.13. The second-order valence-corrected chi connectivity index (χ2v) is 6.30. The number of nitrogens with one attached hydrogen (secondary N) is 2. The van der Waals surface area contributed by atoms with Crippen LogP contribution in [0.3, 0.4) is 0 Å². The molecule has 2 aromatic heterocycles.